The molecule has 120 valence electrons. The van der Waals surface area contributed by atoms with Crippen molar-refractivity contribution >= 4 is 18.2 Å². The van der Waals surface area contributed by atoms with Gasteiger partial charge >= 0.3 is 18.2 Å². The molecule has 0 aromatic heterocycles. The molecule has 8 heteroatoms. The highest BCUT2D eigenvalue weighted by molar-refractivity contribution is 5.85. The Balaban J connectivity index is 2.55. The van der Waals surface area contributed by atoms with Crippen LogP contribution in [0.2, 0.25) is 0 Å². The first-order chi connectivity index (χ1) is 9.37. The molecule has 1 aliphatic rings. The maximum atomic E-state index is 11.7. The van der Waals surface area contributed by atoms with Crippen LogP contribution in [-0.2, 0) is 19.1 Å². The summed E-state index contributed by atoms with van der Waals surface area (Å²) >= 11 is 0. The fraction of sp³-hybridized carbons (Fsp3) is 0.769. The lowest BCUT2D eigenvalue weighted by molar-refractivity contribution is -0.166. The molecule has 0 aromatic carbocycles. The van der Waals surface area contributed by atoms with Crippen molar-refractivity contribution < 1.29 is 28.7 Å². The van der Waals surface area contributed by atoms with Crippen molar-refractivity contribution in [2.75, 3.05) is 6.54 Å². The van der Waals surface area contributed by atoms with Crippen molar-refractivity contribution in [3.8, 4) is 0 Å². The number of nitrogens with one attached hydrogen (secondary N) is 1. The van der Waals surface area contributed by atoms with Crippen LogP contribution in [0.1, 0.15) is 41.5 Å². The number of nitrogens with zero attached hydrogens (tertiary/aromatic N) is 1. The van der Waals surface area contributed by atoms with Gasteiger partial charge in [0.15, 0.2) is 6.04 Å². The zero-order valence-corrected chi connectivity index (χ0v) is 13.2. The number of hydrogen-bond donors (Lipinski definition) is 1. The van der Waals surface area contributed by atoms with Gasteiger partial charge in [0.25, 0.3) is 0 Å². The van der Waals surface area contributed by atoms with Crippen molar-refractivity contribution in [2.24, 2.45) is 0 Å². The summed E-state index contributed by atoms with van der Waals surface area (Å²) in [5, 5.41) is 3.12. The number of rotatable bonds is 1. The molecule has 8 nitrogen and oxygen atoms in total. The highest BCUT2D eigenvalue weighted by atomic mass is 16.8. The minimum absolute atomic E-state index is 0.132. The molecule has 0 spiro atoms. The molecule has 21 heavy (non-hydrogen) atoms. The van der Waals surface area contributed by atoms with E-state index >= 15 is 0 Å². The summed E-state index contributed by atoms with van der Waals surface area (Å²) < 4.78 is 10.1. The number of amides is 2. The average molecular weight is 302 g/mol. The molecular weight excluding hydrogens is 280 g/mol. The Bertz CT molecular complexity index is 435. The highest BCUT2D eigenvalue weighted by Crippen LogP contribution is 2.15. The van der Waals surface area contributed by atoms with Crippen LogP contribution in [0.25, 0.3) is 0 Å². The predicted molar refractivity (Wildman–Crippen MR) is 72.2 cm³/mol. The molecule has 1 aliphatic heterocycles. The largest absolute Gasteiger partial charge is 0.444 e. The van der Waals surface area contributed by atoms with Gasteiger partial charge in [-0.25, -0.2) is 14.4 Å². The van der Waals surface area contributed by atoms with E-state index in [0.29, 0.717) is 0 Å². The van der Waals surface area contributed by atoms with Crippen LogP contribution >= 0.6 is 0 Å². The van der Waals surface area contributed by atoms with Gasteiger partial charge < -0.3 is 19.6 Å². The minimum atomic E-state index is -0.979. The van der Waals surface area contributed by atoms with E-state index in [1.165, 1.54) is 0 Å². The molecule has 1 fully saturated rings. The Labute approximate surface area is 123 Å². The van der Waals surface area contributed by atoms with Crippen molar-refractivity contribution in [2.45, 2.75) is 58.8 Å². The van der Waals surface area contributed by atoms with E-state index in [-0.39, 0.29) is 6.54 Å². The molecule has 0 radical (unpaired) electrons. The first kappa shape index (κ1) is 17.1. The van der Waals surface area contributed by atoms with Crippen LogP contribution in [0, 0.1) is 0 Å². The maximum absolute atomic E-state index is 11.7. The first-order valence-electron chi connectivity index (χ1n) is 6.59. The second-order valence-corrected chi connectivity index (χ2v) is 6.65. The summed E-state index contributed by atoms with van der Waals surface area (Å²) in [6, 6.07) is -0.979. The van der Waals surface area contributed by atoms with E-state index in [9.17, 15) is 14.4 Å². The van der Waals surface area contributed by atoms with Gasteiger partial charge in [-0.1, -0.05) is 0 Å². The summed E-state index contributed by atoms with van der Waals surface area (Å²) in [5.74, 6) is -0.744. The molecule has 0 aliphatic carbocycles. The van der Waals surface area contributed by atoms with E-state index in [1.807, 2.05) is 0 Å². The van der Waals surface area contributed by atoms with Crippen LogP contribution < -0.4 is 5.32 Å². The lowest BCUT2D eigenvalue weighted by Crippen LogP contribution is -2.44. The number of alkyl carbamates (subject to hydrolysis) is 1. The summed E-state index contributed by atoms with van der Waals surface area (Å²) in [7, 11) is 0. The molecule has 1 heterocycles. The summed E-state index contributed by atoms with van der Waals surface area (Å²) in [4.78, 5) is 39.7. The number of hydroxylamine groups is 2. The number of hydrogen-bond acceptors (Lipinski definition) is 6. The monoisotopic (exact) mass is 302 g/mol. The molecule has 2 amide bonds. The average Bonchev–Trinajstić information content (AvgIpc) is 2.54. The smallest absolute Gasteiger partial charge is 0.443 e. The van der Waals surface area contributed by atoms with Gasteiger partial charge in [0.05, 0.1) is 6.54 Å². The Morgan fingerprint density at radius 1 is 1.14 bits per heavy atom. The molecule has 0 bridgehead atoms. The van der Waals surface area contributed by atoms with Crippen molar-refractivity contribution in [1.29, 1.82) is 0 Å². The van der Waals surface area contributed by atoms with E-state index in [2.05, 4.69) is 5.32 Å². The fourth-order valence-corrected chi connectivity index (χ4v) is 1.43. The van der Waals surface area contributed by atoms with Gasteiger partial charge in [-0.05, 0) is 41.5 Å². The molecule has 1 rings (SSSR count). The van der Waals surface area contributed by atoms with Crippen molar-refractivity contribution in [3.05, 3.63) is 0 Å². The minimum Gasteiger partial charge on any atom is -0.444 e. The van der Waals surface area contributed by atoms with E-state index in [0.717, 1.165) is 5.06 Å². The predicted octanol–water partition coefficient (Wildman–Crippen LogP) is 1.59. The van der Waals surface area contributed by atoms with Gasteiger partial charge in [-0.15, -0.1) is 5.06 Å². The Hall–Kier alpha value is -1.99. The number of carbonyl (C=O) groups excluding carboxylic acids is 3. The summed E-state index contributed by atoms with van der Waals surface area (Å²) in [5.41, 5.74) is -1.39. The molecule has 0 saturated carbocycles. The third kappa shape index (κ3) is 5.88. The second-order valence-electron chi connectivity index (χ2n) is 6.65. The molecular formula is C13H22N2O6. The van der Waals surface area contributed by atoms with E-state index < -0.39 is 35.4 Å². The lowest BCUT2D eigenvalue weighted by Gasteiger charge is -2.22. The zero-order chi connectivity index (χ0) is 16.4. The lowest BCUT2D eigenvalue weighted by atomic mass is 10.2. The SMILES string of the molecule is CC(C)(C)OC(=O)NC1CN(C(=O)OC(C)(C)C)OC1=O. The molecule has 1 saturated heterocycles. The van der Waals surface area contributed by atoms with Gasteiger partial charge in [0, 0.05) is 0 Å². The summed E-state index contributed by atoms with van der Waals surface area (Å²) in [6.07, 6.45) is -1.54. The second kappa shape index (κ2) is 5.79. The quantitative estimate of drug-likeness (QED) is 0.790. The number of ether oxygens (including phenoxy) is 2. The third-order valence-electron chi connectivity index (χ3n) is 2.12. The van der Waals surface area contributed by atoms with Crippen molar-refractivity contribution in [3.63, 3.8) is 0 Å². The molecule has 1 atom stereocenters. The van der Waals surface area contributed by atoms with Gasteiger partial charge in [-0.3, -0.25) is 0 Å². The molecule has 1 unspecified atom stereocenters. The van der Waals surface area contributed by atoms with Crippen molar-refractivity contribution in [1.82, 2.24) is 10.4 Å². The van der Waals surface area contributed by atoms with Crippen LogP contribution in [0.3, 0.4) is 0 Å². The Morgan fingerprint density at radius 2 is 1.67 bits per heavy atom. The Morgan fingerprint density at radius 3 is 2.14 bits per heavy atom. The standard InChI is InChI=1S/C13H22N2O6/c1-12(2,3)19-10(17)14-8-7-15(21-9(8)16)11(18)20-13(4,5)6/h8H,7H2,1-6H3,(H,14,17). The molecule has 1 N–H and O–H groups in total. The zero-order valence-electron chi connectivity index (χ0n) is 13.2. The number of carbonyl (C=O) groups is 3. The maximum Gasteiger partial charge on any atom is 0.443 e. The van der Waals surface area contributed by atoms with Gasteiger partial charge in [0.2, 0.25) is 0 Å². The first-order valence-corrected chi connectivity index (χ1v) is 6.59. The molecule has 0 aromatic rings. The Kier molecular flexibility index (Phi) is 4.70. The van der Waals surface area contributed by atoms with Gasteiger partial charge in [-0.2, -0.15) is 0 Å². The van der Waals surface area contributed by atoms with E-state index in [1.54, 1.807) is 41.5 Å². The highest BCUT2D eigenvalue weighted by Gasteiger charge is 2.40. The third-order valence-corrected chi connectivity index (χ3v) is 2.12. The van der Waals surface area contributed by atoms with Crippen LogP contribution in [-0.4, -0.2) is 47.0 Å². The summed E-state index contributed by atoms with van der Waals surface area (Å²) in [6.45, 7) is 10.1. The normalized spacial score (nSPS) is 19.0. The fourth-order valence-electron chi connectivity index (χ4n) is 1.43. The van der Waals surface area contributed by atoms with E-state index in [4.69, 9.17) is 14.3 Å². The van der Waals surface area contributed by atoms with Crippen LogP contribution in [0.5, 0.6) is 0 Å². The van der Waals surface area contributed by atoms with Crippen LogP contribution in [0.15, 0.2) is 0 Å². The van der Waals surface area contributed by atoms with Gasteiger partial charge in [0.1, 0.15) is 11.2 Å². The van der Waals surface area contributed by atoms with Crippen LogP contribution in [0.4, 0.5) is 9.59 Å². The topological polar surface area (TPSA) is 94.2 Å².